The Labute approximate surface area is 94.3 Å². The van der Waals surface area contributed by atoms with E-state index in [1.165, 1.54) is 12.8 Å². The molecule has 3 rings (SSSR count). The second-order valence-electron chi connectivity index (χ2n) is 6.85. The minimum atomic E-state index is -0.0820. The molecule has 0 saturated heterocycles. The molecule has 0 aromatic rings. The first-order valence-corrected chi connectivity index (χ1v) is 6.53. The van der Waals surface area contributed by atoms with Gasteiger partial charge in [0.15, 0.2) is 0 Å². The Morgan fingerprint density at radius 3 is 2.20 bits per heavy atom. The van der Waals surface area contributed by atoms with E-state index in [0.29, 0.717) is 23.2 Å². The zero-order valence-corrected chi connectivity index (χ0v) is 10.8. The summed E-state index contributed by atoms with van der Waals surface area (Å²) < 4.78 is 0. The average Bonchev–Trinajstić information content (AvgIpc) is 2.15. The lowest BCUT2D eigenvalue weighted by Crippen LogP contribution is -2.57. The highest BCUT2D eigenvalue weighted by molar-refractivity contribution is 5.06. The molecule has 0 heterocycles. The Balaban J connectivity index is 2.08. The Hall–Kier alpha value is -0.0400. The standard InChI is InChI=1S/C14H26O/c1-8(2)13(15)11-6-10-7-12(9(11)3)14(10,4)5/h8-13,15H,6-7H2,1-5H3/t9-,10+,11+,12+,13?/m0/s1. The summed E-state index contributed by atoms with van der Waals surface area (Å²) in [5, 5.41) is 10.2. The molecule has 3 fully saturated rings. The van der Waals surface area contributed by atoms with E-state index in [4.69, 9.17) is 0 Å². The van der Waals surface area contributed by atoms with Gasteiger partial charge in [-0.25, -0.2) is 0 Å². The van der Waals surface area contributed by atoms with Gasteiger partial charge in [0, 0.05) is 0 Å². The summed E-state index contributed by atoms with van der Waals surface area (Å²) in [6, 6.07) is 0. The highest BCUT2D eigenvalue weighted by atomic mass is 16.3. The third kappa shape index (κ3) is 1.54. The fraction of sp³-hybridized carbons (Fsp3) is 1.00. The van der Waals surface area contributed by atoms with Gasteiger partial charge in [0.25, 0.3) is 0 Å². The van der Waals surface area contributed by atoms with Gasteiger partial charge in [0.1, 0.15) is 0 Å². The molecule has 3 saturated carbocycles. The average molecular weight is 210 g/mol. The predicted octanol–water partition coefficient (Wildman–Crippen LogP) is 3.32. The third-order valence-corrected chi connectivity index (χ3v) is 5.53. The number of hydrogen-bond donors (Lipinski definition) is 1. The van der Waals surface area contributed by atoms with Gasteiger partial charge in [-0.1, -0.05) is 34.6 Å². The van der Waals surface area contributed by atoms with Gasteiger partial charge in [-0.05, 0) is 47.8 Å². The van der Waals surface area contributed by atoms with Crippen molar-refractivity contribution in [3.8, 4) is 0 Å². The van der Waals surface area contributed by atoms with Crippen molar-refractivity contribution in [2.75, 3.05) is 0 Å². The minimum absolute atomic E-state index is 0.0820. The predicted molar refractivity (Wildman–Crippen MR) is 63.5 cm³/mol. The van der Waals surface area contributed by atoms with Crippen LogP contribution in [0.1, 0.15) is 47.5 Å². The van der Waals surface area contributed by atoms with E-state index in [1.54, 1.807) is 0 Å². The highest BCUT2D eigenvalue weighted by Crippen LogP contribution is 2.63. The summed E-state index contributed by atoms with van der Waals surface area (Å²) in [6.07, 6.45) is 2.58. The van der Waals surface area contributed by atoms with Crippen molar-refractivity contribution in [3.63, 3.8) is 0 Å². The molecule has 0 aromatic carbocycles. The fourth-order valence-electron chi connectivity index (χ4n) is 4.13. The minimum Gasteiger partial charge on any atom is -0.393 e. The zero-order valence-electron chi connectivity index (χ0n) is 10.8. The molecule has 0 aliphatic heterocycles. The van der Waals surface area contributed by atoms with Gasteiger partial charge in [-0.3, -0.25) is 0 Å². The van der Waals surface area contributed by atoms with Crippen LogP contribution >= 0.6 is 0 Å². The smallest absolute Gasteiger partial charge is 0.0594 e. The lowest BCUT2D eigenvalue weighted by molar-refractivity contribution is -0.157. The SMILES string of the molecule is CC(C)C(O)[C@@H]1C[C@@H]2C[C@H]([C@H]1C)C2(C)C. The van der Waals surface area contributed by atoms with Crippen LogP contribution in [-0.2, 0) is 0 Å². The fourth-order valence-corrected chi connectivity index (χ4v) is 4.13. The molecule has 1 heteroatoms. The molecule has 0 spiro atoms. The molecule has 0 amide bonds. The number of aliphatic hydroxyl groups is 1. The van der Waals surface area contributed by atoms with E-state index in [9.17, 15) is 5.11 Å². The molecule has 1 N–H and O–H groups in total. The van der Waals surface area contributed by atoms with E-state index in [1.807, 2.05) is 0 Å². The molecule has 15 heavy (non-hydrogen) atoms. The topological polar surface area (TPSA) is 20.2 Å². The van der Waals surface area contributed by atoms with Crippen LogP contribution in [0.2, 0.25) is 0 Å². The summed E-state index contributed by atoms with van der Waals surface area (Å²) in [5.74, 6) is 3.41. The maximum absolute atomic E-state index is 10.2. The lowest BCUT2D eigenvalue weighted by Gasteiger charge is -2.63. The molecular weight excluding hydrogens is 184 g/mol. The normalized spacial score (nSPS) is 45.0. The van der Waals surface area contributed by atoms with Crippen molar-refractivity contribution in [2.45, 2.75) is 53.6 Å². The van der Waals surface area contributed by atoms with Crippen molar-refractivity contribution < 1.29 is 5.11 Å². The van der Waals surface area contributed by atoms with E-state index in [0.717, 1.165) is 11.8 Å². The van der Waals surface area contributed by atoms with E-state index < -0.39 is 0 Å². The molecule has 3 aliphatic carbocycles. The number of hydrogen-bond acceptors (Lipinski definition) is 1. The summed E-state index contributed by atoms with van der Waals surface area (Å²) in [6.45, 7) is 11.5. The van der Waals surface area contributed by atoms with Crippen LogP contribution in [0.4, 0.5) is 0 Å². The van der Waals surface area contributed by atoms with Crippen LogP contribution in [-0.4, -0.2) is 11.2 Å². The van der Waals surface area contributed by atoms with Gasteiger partial charge >= 0.3 is 0 Å². The first-order valence-electron chi connectivity index (χ1n) is 6.53. The quantitative estimate of drug-likeness (QED) is 0.741. The van der Waals surface area contributed by atoms with E-state index in [2.05, 4.69) is 34.6 Å². The van der Waals surface area contributed by atoms with Gasteiger partial charge in [0.2, 0.25) is 0 Å². The van der Waals surface area contributed by atoms with Crippen LogP contribution in [0, 0.1) is 35.0 Å². The third-order valence-electron chi connectivity index (χ3n) is 5.53. The van der Waals surface area contributed by atoms with Gasteiger partial charge in [-0.15, -0.1) is 0 Å². The van der Waals surface area contributed by atoms with Crippen molar-refractivity contribution in [3.05, 3.63) is 0 Å². The second kappa shape index (κ2) is 3.48. The largest absolute Gasteiger partial charge is 0.393 e. The Morgan fingerprint density at radius 2 is 1.80 bits per heavy atom. The first kappa shape index (κ1) is 11.4. The van der Waals surface area contributed by atoms with Crippen LogP contribution in [0.3, 0.4) is 0 Å². The van der Waals surface area contributed by atoms with Crippen LogP contribution in [0.25, 0.3) is 0 Å². The van der Waals surface area contributed by atoms with Gasteiger partial charge < -0.3 is 5.11 Å². The second-order valence-corrected chi connectivity index (χ2v) is 6.85. The monoisotopic (exact) mass is 210 g/mol. The maximum atomic E-state index is 10.2. The summed E-state index contributed by atoms with van der Waals surface area (Å²) >= 11 is 0. The molecule has 3 aliphatic rings. The van der Waals surface area contributed by atoms with E-state index >= 15 is 0 Å². The van der Waals surface area contributed by atoms with Crippen LogP contribution in [0.15, 0.2) is 0 Å². The van der Waals surface area contributed by atoms with E-state index in [-0.39, 0.29) is 6.10 Å². The summed E-state index contributed by atoms with van der Waals surface area (Å²) in [7, 11) is 0. The molecule has 0 aromatic heterocycles. The van der Waals surface area contributed by atoms with Crippen LogP contribution in [0.5, 0.6) is 0 Å². The summed E-state index contributed by atoms with van der Waals surface area (Å²) in [5.41, 5.74) is 0.548. The number of fused-ring (bicyclic) bond motifs is 2. The van der Waals surface area contributed by atoms with Crippen LogP contribution < -0.4 is 0 Å². The Kier molecular flexibility index (Phi) is 2.65. The zero-order chi connectivity index (χ0) is 11.4. The van der Waals surface area contributed by atoms with Gasteiger partial charge in [0.05, 0.1) is 6.10 Å². The highest BCUT2D eigenvalue weighted by Gasteiger charge is 2.57. The molecule has 2 bridgehead atoms. The van der Waals surface area contributed by atoms with Gasteiger partial charge in [-0.2, -0.15) is 0 Å². The Morgan fingerprint density at radius 1 is 1.20 bits per heavy atom. The van der Waals surface area contributed by atoms with Crippen molar-refractivity contribution >= 4 is 0 Å². The number of aliphatic hydroxyl groups excluding tert-OH is 1. The molecule has 0 radical (unpaired) electrons. The molecule has 88 valence electrons. The molecule has 5 atom stereocenters. The van der Waals surface area contributed by atoms with Crippen molar-refractivity contribution in [1.82, 2.24) is 0 Å². The molecular formula is C14H26O. The molecule has 1 nitrogen and oxygen atoms in total. The Bertz CT molecular complexity index is 244. The molecule has 1 unspecified atom stereocenters. The summed E-state index contributed by atoms with van der Waals surface area (Å²) in [4.78, 5) is 0. The van der Waals surface area contributed by atoms with Crippen molar-refractivity contribution in [2.24, 2.45) is 35.0 Å². The first-order chi connectivity index (χ1) is 6.85. The maximum Gasteiger partial charge on any atom is 0.0594 e. The number of rotatable bonds is 2. The van der Waals surface area contributed by atoms with Crippen molar-refractivity contribution in [1.29, 1.82) is 0 Å². The lowest BCUT2D eigenvalue weighted by atomic mass is 9.43.